The molecule has 21 heavy (non-hydrogen) atoms. The quantitative estimate of drug-likeness (QED) is 0.760. The third-order valence-electron chi connectivity index (χ3n) is 3.34. The first-order valence-corrected chi connectivity index (χ1v) is 6.88. The lowest BCUT2D eigenvalue weighted by molar-refractivity contribution is 0.628. The Morgan fingerprint density at radius 2 is 1.90 bits per heavy atom. The highest BCUT2D eigenvalue weighted by Crippen LogP contribution is 2.28. The van der Waals surface area contributed by atoms with Crippen molar-refractivity contribution < 1.29 is 4.39 Å². The number of hydrogen-bond donors (Lipinski definition) is 1. The van der Waals surface area contributed by atoms with Crippen molar-refractivity contribution in [2.75, 3.05) is 12.4 Å². The number of fused-ring (bicyclic) bond motifs is 1. The number of nitrogens with zero attached hydrogens (tertiary/aromatic N) is 2. The van der Waals surface area contributed by atoms with E-state index in [1.807, 2.05) is 19.1 Å². The lowest BCUT2D eigenvalue weighted by atomic mass is 10.1. The minimum absolute atomic E-state index is 0.304. The molecule has 5 heteroatoms. The summed E-state index contributed by atoms with van der Waals surface area (Å²) in [6.45, 7) is 1.91. The van der Waals surface area contributed by atoms with Crippen LogP contribution in [0, 0.1) is 12.7 Å². The summed E-state index contributed by atoms with van der Waals surface area (Å²) in [4.78, 5) is 9.01. The maximum Gasteiger partial charge on any atom is 0.162 e. The Morgan fingerprint density at radius 1 is 1.10 bits per heavy atom. The van der Waals surface area contributed by atoms with Gasteiger partial charge in [0.1, 0.15) is 11.6 Å². The van der Waals surface area contributed by atoms with E-state index in [2.05, 4.69) is 15.3 Å². The summed E-state index contributed by atoms with van der Waals surface area (Å²) < 4.78 is 13.5. The Kier molecular flexibility index (Phi) is 3.47. The first-order chi connectivity index (χ1) is 10.1. The summed E-state index contributed by atoms with van der Waals surface area (Å²) in [5, 5.41) is 4.50. The van der Waals surface area contributed by atoms with Gasteiger partial charge in [-0.25, -0.2) is 14.4 Å². The van der Waals surface area contributed by atoms with Crippen molar-refractivity contribution in [3.8, 4) is 11.4 Å². The van der Waals surface area contributed by atoms with Gasteiger partial charge in [0.25, 0.3) is 0 Å². The van der Waals surface area contributed by atoms with Crippen LogP contribution in [-0.2, 0) is 0 Å². The van der Waals surface area contributed by atoms with Crippen molar-refractivity contribution in [2.45, 2.75) is 6.92 Å². The van der Waals surface area contributed by atoms with Crippen LogP contribution in [0.1, 0.15) is 5.56 Å². The van der Waals surface area contributed by atoms with Crippen LogP contribution in [-0.4, -0.2) is 17.0 Å². The van der Waals surface area contributed by atoms with E-state index in [1.54, 1.807) is 19.2 Å². The molecule has 1 heterocycles. The van der Waals surface area contributed by atoms with Crippen LogP contribution in [0.15, 0.2) is 36.4 Å². The summed E-state index contributed by atoms with van der Waals surface area (Å²) >= 11 is 6.02. The summed E-state index contributed by atoms with van der Waals surface area (Å²) in [6.07, 6.45) is 0. The van der Waals surface area contributed by atoms with Crippen molar-refractivity contribution in [3.05, 3.63) is 52.8 Å². The Hall–Kier alpha value is -2.20. The van der Waals surface area contributed by atoms with Crippen LogP contribution in [0.5, 0.6) is 0 Å². The molecular weight excluding hydrogens is 289 g/mol. The van der Waals surface area contributed by atoms with Crippen molar-refractivity contribution in [2.24, 2.45) is 0 Å². The molecule has 0 bridgehead atoms. The van der Waals surface area contributed by atoms with E-state index in [4.69, 9.17) is 11.6 Å². The van der Waals surface area contributed by atoms with Gasteiger partial charge in [0.05, 0.1) is 5.52 Å². The van der Waals surface area contributed by atoms with Gasteiger partial charge in [-0.15, -0.1) is 0 Å². The molecule has 2 aromatic carbocycles. The topological polar surface area (TPSA) is 37.8 Å². The van der Waals surface area contributed by atoms with Gasteiger partial charge in [-0.05, 0) is 42.8 Å². The number of halogens is 2. The second-order valence-electron chi connectivity index (χ2n) is 4.77. The van der Waals surface area contributed by atoms with Gasteiger partial charge < -0.3 is 5.32 Å². The number of hydrogen-bond acceptors (Lipinski definition) is 3. The Balaban J connectivity index is 2.29. The molecule has 0 radical (unpaired) electrons. The maximum atomic E-state index is 13.5. The molecule has 0 spiro atoms. The van der Waals surface area contributed by atoms with Crippen LogP contribution in [0.2, 0.25) is 5.02 Å². The molecular formula is C16H13ClFN3. The number of aryl methyl sites for hydroxylation is 1. The third kappa shape index (κ3) is 2.54. The molecule has 0 atom stereocenters. The number of rotatable bonds is 2. The van der Waals surface area contributed by atoms with Gasteiger partial charge in [0, 0.05) is 23.0 Å². The summed E-state index contributed by atoms with van der Waals surface area (Å²) in [7, 11) is 1.78. The van der Waals surface area contributed by atoms with Crippen LogP contribution < -0.4 is 5.32 Å². The number of aromatic nitrogens is 2. The normalized spacial score (nSPS) is 10.9. The molecule has 1 aromatic heterocycles. The second kappa shape index (κ2) is 5.30. The van der Waals surface area contributed by atoms with E-state index in [1.165, 1.54) is 12.1 Å². The molecule has 3 rings (SSSR count). The molecule has 3 aromatic rings. The van der Waals surface area contributed by atoms with E-state index < -0.39 is 0 Å². The molecule has 0 saturated heterocycles. The van der Waals surface area contributed by atoms with Gasteiger partial charge in [-0.2, -0.15) is 0 Å². The molecule has 0 aliphatic rings. The fourth-order valence-electron chi connectivity index (χ4n) is 2.25. The van der Waals surface area contributed by atoms with Crippen LogP contribution in [0.4, 0.5) is 10.2 Å². The largest absolute Gasteiger partial charge is 0.373 e. The standard InChI is InChI=1S/C16H13ClFN3/c1-9-3-5-11(18)8-12(9)16-20-14-6-4-10(17)7-13(14)15(19-2)21-16/h3-8H,1-2H3,(H,19,20,21). The maximum absolute atomic E-state index is 13.5. The van der Waals surface area contributed by atoms with Crippen molar-refractivity contribution >= 4 is 28.3 Å². The van der Waals surface area contributed by atoms with E-state index >= 15 is 0 Å². The SMILES string of the molecule is CNc1nc(-c2cc(F)ccc2C)nc2ccc(Cl)cc12. The third-order valence-corrected chi connectivity index (χ3v) is 3.57. The molecule has 0 aliphatic heterocycles. The number of nitrogens with one attached hydrogen (secondary N) is 1. The summed E-state index contributed by atoms with van der Waals surface area (Å²) in [5.41, 5.74) is 2.37. The predicted octanol–water partition coefficient (Wildman–Crippen LogP) is 4.44. The first-order valence-electron chi connectivity index (χ1n) is 6.50. The average molecular weight is 302 g/mol. The second-order valence-corrected chi connectivity index (χ2v) is 5.20. The Labute approximate surface area is 126 Å². The number of benzene rings is 2. The van der Waals surface area contributed by atoms with Gasteiger partial charge >= 0.3 is 0 Å². The lowest BCUT2D eigenvalue weighted by Gasteiger charge is -2.10. The Morgan fingerprint density at radius 3 is 2.67 bits per heavy atom. The summed E-state index contributed by atoms with van der Waals surface area (Å²) in [5.74, 6) is 0.855. The fraction of sp³-hybridized carbons (Fsp3) is 0.125. The molecule has 1 N–H and O–H groups in total. The van der Waals surface area contributed by atoms with Crippen LogP contribution in [0.3, 0.4) is 0 Å². The zero-order valence-electron chi connectivity index (χ0n) is 11.6. The van der Waals surface area contributed by atoms with E-state index in [0.717, 1.165) is 16.5 Å². The molecule has 0 aliphatic carbocycles. The average Bonchev–Trinajstić information content (AvgIpc) is 2.48. The molecule has 0 fully saturated rings. The molecule has 0 unspecified atom stereocenters. The zero-order valence-corrected chi connectivity index (χ0v) is 12.4. The van der Waals surface area contributed by atoms with Gasteiger partial charge in [0.15, 0.2) is 5.82 Å². The van der Waals surface area contributed by atoms with E-state index in [9.17, 15) is 4.39 Å². The zero-order chi connectivity index (χ0) is 15.0. The molecule has 3 nitrogen and oxygen atoms in total. The van der Waals surface area contributed by atoms with Crippen molar-refractivity contribution in [1.29, 1.82) is 0 Å². The predicted molar refractivity (Wildman–Crippen MR) is 84.2 cm³/mol. The monoisotopic (exact) mass is 301 g/mol. The van der Waals surface area contributed by atoms with Gasteiger partial charge in [-0.1, -0.05) is 17.7 Å². The molecule has 0 amide bonds. The van der Waals surface area contributed by atoms with Crippen molar-refractivity contribution in [3.63, 3.8) is 0 Å². The van der Waals surface area contributed by atoms with Gasteiger partial charge in [0.2, 0.25) is 0 Å². The van der Waals surface area contributed by atoms with Gasteiger partial charge in [-0.3, -0.25) is 0 Å². The fourth-order valence-corrected chi connectivity index (χ4v) is 2.42. The molecule has 106 valence electrons. The minimum atomic E-state index is -0.304. The minimum Gasteiger partial charge on any atom is -0.373 e. The highest BCUT2D eigenvalue weighted by Gasteiger charge is 2.11. The highest BCUT2D eigenvalue weighted by atomic mass is 35.5. The highest BCUT2D eigenvalue weighted by molar-refractivity contribution is 6.31. The summed E-state index contributed by atoms with van der Waals surface area (Å²) in [6, 6.07) is 10.0. The van der Waals surface area contributed by atoms with Crippen LogP contribution >= 0.6 is 11.6 Å². The lowest BCUT2D eigenvalue weighted by Crippen LogP contribution is -2.00. The first kappa shape index (κ1) is 13.8. The Bertz CT molecular complexity index is 833. The number of anilines is 1. The molecule has 0 saturated carbocycles. The van der Waals surface area contributed by atoms with E-state index in [0.29, 0.717) is 22.2 Å². The van der Waals surface area contributed by atoms with Crippen LogP contribution in [0.25, 0.3) is 22.3 Å². The van der Waals surface area contributed by atoms with E-state index in [-0.39, 0.29) is 5.82 Å². The van der Waals surface area contributed by atoms with Crippen molar-refractivity contribution in [1.82, 2.24) is 9.97 Å². The smallest absolute Gasteiger partial charge is 0.162 e.